The molecule has 0 atom stereocenters. The first-order valence-electron chi connectivity index (χ1n) is 8.37. The molecule has 0 aliphatic carbocycles. The van der Waals surface area contributed by atoms with Gasteiger partial charge in [-0.2, -0.15) is 0 Å². The first-order valence-corrected chi connectivity index (χ1v) is 8.74. The number of aryl methyl sites for hydroxylation is 2. The lowest BCUT2D eigenvalue weighted by Gasteiger charge is -2.17. The Labute approximate surface area is 168 Å². The first kappa shape index (κ1) is 20.8. The van der Waals surface area contributed by atoms with Gasteiger partial charge in [0.25, 0.3) is 5.56 Å². The molecule has 0 aliphatic rings. The van der Waals surface area contributed by atoms with Crippen LogP contribution in [0, 0.1) is 25.5 Å². The molecule has 0 aromatic carbocycles. The number of halogens is 3. The van der Waals surface area contributed by atoms with Crippen LogP contribution >= 0.6 is 11.6 Å². The zero-order valence-corrected chi connectivity index (χ0v) is 16.1. The fourth-order valence-electron chi connectivity index (χ4n) is 2.69. The Kier molecular flexibility index (Phi) is 5.92. The third-order valence-electron chi connectivity index (χ3n) is 4.15. The van der Waals surface area contributed by atoms with E-state index in [4.69, 9.17) is 16.3 Å². The fraction of sp³-hybridized carbons (Fsp3) is 0.211. The van der Waals surface area contributed by atoms with Crippen LogP contribution in [0.25, 0.3) is 5.69 Å². The lowest BCUT2D eigenvalue weighted by atomic mass is 10.2. The highest BCUT2D eigenvalue weighted by molar-refractivity contribution is 6.31. The summed E-state index contributed by atoms with van der Waals surface area (Å²) < 4.78 is 33.4. The number of aromatic nitrogens is 3. The van der Waals surface area contributed by atoms with Gasteiger partial charge in [0.1, 0.15) is 28.9 Å². The van der Waals surface area contributed by atoms with Crippen LogP contribution in [0.4, 0.5) is 8.78 Å². The number of aliphatic hydroxyl groups is 2. The Balaban J connectivity index is 1.99. The smallest absolute Gasteiger partial charge is 0.277 e. The molecule has 0 saturated heterocycles. The van der Waals surface area contributed by atoms with Crippen LogP contribution in [0.15, 0.2) is 35.4 Å². The molecule has 10 heteroatoms. The summed E-state index contributed by atoms with van der Waals surface area (Å²) >= 11 is 6.16. The van der Waals surface area contributed by atoms with Gasteiger partial charge in [-0.15, -0.1) is 0 Å². The molecular formula is C19H16ClF2N3O4. The van der Waals surface area contributed by atoms with Gasteiger partial charge in [-0.3, -0.25) is 19.3 Å². The molecule has 0 aliphatic heterocycles. The highest BCUT2D eigenvalue weighted by Gasteiger charge is 2.18. The van der Waals surface area contributed by atoms with E-state index in [1.807, 2.05) is 0 Å². The average molecular weight is 424 g/mol. The summed E-state index contributed by atoms with van der Waals surface area (Å²) in [5.74, 6) is -1.69. The maximum Gasteiger partial charge on any atom is 0.277 e. The molecule has 3 aromatic heterocycles. The maximum atomic E-state index is 13.7. The van der Waals surface area contributed by atoms with Crippen LogP contribution in [0.5, 0.6) is 5.75 Å². The molecule has 0 spiro atoms. The van der Waals surface area contributed by atoms with Gasteiger partial charge in [0.15, 0.2) is 12.1 Å². The van der Waals surface area contributed by atoms with E-state index in [2.05, 4.69) is 9.97 Å². The largest absolute Gasteiger partial charge is 0.485 e. The molecule has 152 valence electrons. The van der Waals surface area contributed by atoms with Crippen molar-refractivity contribution in [3.63, 3.8) is 0 Å². The highest BCUT2D eigenvalue weighted by Crippen LogP contribution is 2.26. The Morgan fingerprint density at radius 2 is 1.90 bits per heavy atom. The SMILES string of the molecule is Cc1cnc(C(O)O)cc1-n1c(C)cc(OCc2ncc(F)cc2F)c(Cl)c1=O. The van der Waals surface area contributed by atoms with E-state index in [0.29, 0.717) is 23.0 Å². The van der Waals surface area contributed by atoms with Crippen molar-refractivity contribution in [2.75, 3.05) is 0 Å². The summed E-state index contributed by atoms with van der Waals surface area (Å²) in [6.07, 6.45) is 0.449. The molecule has 7 nitrogen and oxygen atoms in total. The van der Waals surface area contributed by atoms with E-state index >= 15 is 0 Å². The van der Waals surface area contributed by atoms with Crippen molar-refractivity contribution in [3.8, 4) is 11.4 Å². The standard InChI is InChI=1S/C19H16ClF2N3O4/c1-9-6-23-13(19(27)28)5-15(9)25-10(2)3-16(17(20)18(25)26)29-8-14-12(22)4-11(21)7-24-14/h3-7,19,27-28H,8H2,1-2H3. The van der Waals surface area contributed by atoms with E-state index in [-0.39, 0.29) is 28.8 Å². The third kappa shape index (κ3) is 4.26. The number of ether oxygens (including phenoxy) is 1. The van der Waals surface area contributed by atoms with Crippen molar-refractivity contribution >= 4 is 11.6 Å². The van der Waals surface area contributed by atoms with Crippen LogP contribution in [0.1, 0.15) is 28.9 Å². The van der Waals surface area contributed by atoms with Gasteiger partial charge in [-0.1, -0.05) is 11.6 Å². The molecule has 0 unspecified atom stereocenters. The van der Waals surface area contributed by atoms with E-state index < -0.39 is 23.5 Å². The van der Waals surface area contributed by atoms with E-state index in [1.54, 1.807) is 13.8 Å². The minimum atomic E-state index is -1.80. The van der Waals surface area contributed by atoms with Crippen molar-refractivity contribution < 1.29 is 23.7 Å². The number of rotatable bonds is 5. The monoisotopic (exact) mass is 423 g/mol. The number of nitrogens with zero attached hydrogens (tertiary/aromatic N) is 3. The summed E-state index contributed by atoms with van der Waals surface area (Å²) in [4.78, 5) is 20.3. The quantitative estimate of drug-likeness (QED) is 0.612. The fourth-order valence-corrected chi connectivity index (χ4v) is 2.89. The van der Waals surface area contributed by atoms with Gasteiger partial charge in [0.05, 0.1) is 17.6 Å². The summed E-state index contributed by atoms with van der Waals surface area (Å²) in [6, 6.07) is 3.51. The highest BCUT2D eigenvalue weighted by atomic mass is 35.5. The van der Waals surface area contributed by atoms with Crippen molar-refractivity contribution in [2.24, 2.45) is 0 Å². The molecule has 3 aromatic rings. The van der Waals surface area contributed by atoms with E-state index in [1.165, 1.54) is 22.9 Å². The topological polar surface area (TPSA) is 97.5 Å². The summed E-state index contributed by atoms with van der Waals surface area (Å²) in [6.45, 7) is 2.96. The van der Waals surface area contributed by atoms with Crippen molar-refractivity contribution in [2.45, 2.75) is 26.7 Å². The van der Waals surface area contributed by atoms with Crippen molar-refractivity contribution in [1.82, 2.24) is 14.5 Å². The van der Waals surface area contributed by atoms with Crippen LogP contribution < -0.4 is 10.3 Å². The summed E-state index contributed by atoms with van der Waals surface area (Å²) in [5.41, 5.74) is 0.589. The number of pyridine rings is 3. The molecule has 3 heterocycles. The zero-order chi connectivity index (χ0) is 21.3. The van der Waals surface area contributed by atoms with Crippen LogP contribution in [0.3, 0.4) is 0 Å². The Morgan fingerprint density at radius 3 is 2.55 bits per heavy atom. The molecule has 0 saturated carbocycles. The van der Waals surface area contributed by atoms with Crippen LogP contribution in [-0.4, -0.2) is 24.7 Å². The lowest BCUT2D eigenvalue weighted by molar-refractivity contribution is -0.0458. The molecule has 0 bridgehead atoms. The zero-order valence-electron chi connectivity index (χ0n) is 15.4. The van der Waals surface area contributed by atoms with Gasteiger partial charge in [-0.05, 0) is 25.5 Å². The minimum Gasteiger partial charge on any atom is -0.485 e. The van der Waals surface area contributed by atoms with Crippen LogP contribution in [-0.2, 0) is 6.61 Å². The summed E-state index contributed by atoms with van der Waals surface area (Å²) in [5, 5.41) is 18.4. The predicted molar refractivity (Wildman–Crippen MR) is 100.0 cm³/mol. The van der Waals surface area contributed by atoms with Gasteiger partial charge in [-0.25, -0.2) is 8.78 Å². The van der Waals surface area contributed by atoms with Crippen molar-refractivity contribution in [1.29, 1.82) is 0 Å². The van der Waals surface area contributed by atoms with Gasteiger partial charge in [0.2, 0.25) is 0 Å². The molecule has 3 rings (SSSR count). The third-order valence-corrected chi connectivity index (χ3v) is 4.50. The molecule has 29 heavy (non-hydrogen) atoms. The lowest BCUT2D eigenvalue weighted by Crippen LogP contribution is -2.23. The molecule has 0 fully saturated rings. The summed E-state index contributed by atoms with van der Waals surface area (Å²) in [7, 11) is 0. The molecule has 0 amide bonds. The predicted octanol–water partition coefficient (Wildman–Crippen LogP) is 2.74. The second-order valence-corrected chi connectivity index (χ2v) is 6.62. The van der Waals surface area contributed by atoms with Gasteiger partial charge in [0, 0.05) is 24.0 Å². The number of hydrogen-bond donors (Lipinski definition) is 2. The van der Waals surface area contributed by atoms with Gasteiger partial charge < -0.3 is 14.9 Å². The maximum absolute atomic E-state index is 13.7. The second-order valence-electron chi connectivity index (χ2n) is 6.24. The Hall–Kier alpha value is -2.88. The normalized spacial score (nSPS) is 11.2. The Morgan fingerprint density at radius 1 is 1.17 bits per heavy atom. The molecule has 0 radical (unpaired) electrons. The number of hydrogen-bond acceptors (Lipinski definition) is 6. The van der Waals surface area contributed by atoms with Crippen molar-refractivity contribution in [3.05, 3.63) is 80.2 Å². The minimum absolute atomic E-state index is 0.00469. The molecular weight excluding hydrogens is 408 g/mol. The van der Waals surface area contributed by atoms with E-state index in [0.717, 1.165) is 6.20 Å². The van der Waals surface area contributed by atoms with E-state index in [9.17, 15) is 23.8 Å². The Bertz CT molecular complexity index is 1140. The number of aliphatic hydroxyl groups excluding tert-OH is 1. The first-order chi connectivity index (χ1) is 13.7. The van der Waals surface area contributed by atoms with Crippen LogP contribution in [0.2, 0.25) is 5.02 Å². The average Bonchev–Trinajstić information content (AvgIpc) is 2.66. The second kappa shape index (κ2) is 8.24. The van der Waals surface area contributed by atoms with Gasteiger partial charge >= 0.3 is 0 Å². The molecule has 2 N–H and O–H groups in total.